The highest BCUT2D eigenvalue weighted by Crippen LogP contribution is 2.22. The summed E-state index contributed by atoms with van der Waals surface area (Å²) in [5.74, 6) is 0.833. The van der Waals surface area contributed by atoms with Gasteiger partial charge < -0.3 is 9.80 Å². The highest BCUT2D eigenvalue weighted by Gasteiger charge is 2.33. The van der Waals surface area contributed by atoms with Gasteiger partial charge in [0.2, 0.25) is 5.91 Å². The molecule has 1 unspecified atom stereocenters. The standard InChI is InChI=1S/C18H21N5O2/c24-17(14-5-2-1-3-6-14)21-8-4-7-15(11-21)18(25)22-9-10-23-16(12-22)19-13-20-23/h1-3,5-6,13,15H,4,7-12H2. The molecule has 0 aliphatic carbocycles. The molecule has 1 aromatic heterocycles. The van der Waals surface area contributed by atoms with E-state index < -0.39 is 0 Å². The zero-order chi connectivity index (χ0) is 17.2. The molecule has 4 rings (SSSR count). The highest BCUT2D eigenvalue weighted by molar-refractivity contribution is 5.94. The first-order valence-corrected chi connectivity index (χ1v) is 8.72. The van der Waals surface area contributed by atoms with E-state index in [1.807, 2.05) is 44.8 Å². The molecule has 0 saturated carbocycles. The van der Waals surface area contributed by atoms with Crippen molar-refractivity contribution in [2.75, 3.05) is 19.6 Å². The van der Waals surface area contributed by atoms with E-state index in [-0.39, 0.29) is 17.7 Å². The Bertz CT molecular complexity index is 773. The lowest BCUT2D eigenvalue weighted by Gasteiger charge is -2.36. The summed E-state index contributed by atoms with van der Waals surface area (Å²) in [6, 6.07) is 9.28. The van der Waals surface area contributed by atoms with Crippen LogP contribution in [-0.2, 0) is 17.9 Å². The Kier molecular flexibility index (Phi) is 4.21. The fourth-order valence-corrected chi connectivity index (χ4v) is 3.64. The number of amides is 2. The molecular weight excluding hydrogens is 318 g/mol. The Morgan fingerprint density at radius 2 is 1.88 bits per heavy atom. The predicted octanol–water partition coefficient (Wildman–Crippen LogP) is 1.17. The average Bonchev–Trinajstić information content (AvgIpc) is 3.15. The second-order valence-corrected chi connectivity index (χ2v) is 6.62. The summed E-state index contributed by atoms with van der Waals surface area (Å²) in [6.07, 6.45) is 3.23. The van der Waals surface area contributed by atoms with Crippen LogP contribution in [0.5, 0.6) is 0 Å². The molecule has 1 aromatic carbocycles. The number of benzene rings is 1. The second-order valence-electron chi connectivity index (χ2n) is 6.62. The molecule has 1 atom stereocenters. The van der Waals surface area contributed by atoms with Crippen LogP contribution in [0.15, 0.2) is 36.7 Å². The number of hydrogen-bond acceptors (Lipinski definition) is 4. The lowest BCUT2D eigenvalue weighted by atomic mass is 9.95. The number of aromatic nitrogens is 3. The molecule has 130 valence electrons. The Hall–Kier alpha value is -2.70. The van der Waals surface area contributed by atoms with Gasteiger partial charge >= 0.3 is 0 Å². The van der Waals surface area contributed by atoms with Gasteiger partial charge in [-0.15, -0.1) is 0 Å². The third-order valence-electron chi connectivity index (χ3n) is 5.00. The molecule has 2 aromatic rings. The van der Waals surface area contributed by atoms with Gasteiger partial charge in [-0.25, -0.2) is 9.67 Å². The molecule has 0 bridgehead atoms. The van der Waals surface area contributed by atoms with Gasteiger partial charge in [-0.2, -0.15) is 5.10 Å². The first-order chi connectivity index (χ1) is 12.2. The van der Waals surface area contributed by atoms with Crippen LogP contribution in [0.3, 0.4) is 0 Å². The van der Waals surface area contributed by atoms with Crippen molar-refractivity contribution in [3.05, 3.63) is 48.0 Å². The van der Waals surface area contributed by atoms with E-state index in [4.69, 9.17) is 0 Å². The summed E-state index contributed by atoms with van der Waals surface area (Å²) in [7, 11) is 0. The quantitative estimate of drug-likeness (QED) is 0.823. The molecule has 25 heavy (non-hydrogen) atoms. The van der Waals surface area contributed by atoms with Gasteiger partial charge in [0.15, 0.2) is 0 Å². The Balaban J connectivity index is 1.43. The first-order valence-electron chi connectivity index (χ1n) is 8.72. The summed E-state index contributed by atoms with van der Waals surface area (Å²) >= 11 is 0. The summed E-state index contributed by atoms with van der Waals surface area (Å²) in [5, 5.41) is 4.15. The predicted molar refractivity (Wildman–Crippen MR) is 90.5 cm³/mol. The van der Waals surface area contributed by atoms with Crippen molar-refractivity contribution in [1.29, 1.82) is 0 Å². The number of hydrogen-bond donors (Lipinski definition) is 0. The molecule has 7 heteroatoms. The van der Waals surface area contributed by atoms with Crippen molar-refractivity contribution in [3.8, 4) is 0 Å². The average molecular weight is 339 g/mol. The maximum Gasteiger partial charge on any atom is 0.253 e. The topological polar surface area (TPSA) is 71.3 Å². The second kappa shape index (κ2) is 6.66. The van der Waals surface area contributed by atoms with Crippen LogP contribution in [0, 0.1) is 5.92 Å². The number of fused-ring (bicyclic) bond motifs is 1. The van der Waals surface area contributed by atoms with Gasteiger partial charge in [-0.1, -0.05) is 18.2 Å². The number of nitrogens with zero attached hydrogens (tertiary/aromatic N) is 5. The Morgan fingerprint density at radius 1 is 1.04 bits per heavy atom. The normalized spacial score (nSPS) is 20.2. The maximum absolute atomic E-state index is 12.9. The van der Waals surface area contributed by atoms with Crippen LogP contribution in [0.1, 0.15) is 29.0 Å². The lowest BCUT2D eigenvalue weighted by molar-refractivity contribution is -0.138. The van der Waals surface area contributed by atoms with E-state index in [0.717, 1.165) is 18.7 Å². The van der Waals surface area contributed by atoms with E-state index in [1.54, 1.807) is 0 Å². The maximum atomic E-state index is 12.9. The largest absolute Gasteiger partial charge is 0.338 e. The number of likely N-dealkylation sites (tertiary alicyclic amines) is 1. The van der Waals surface area contributed by atoms with Crippen molar-refractivity contribution in [3.63, 3.8) is 0 Å². The molecule has 2 aliphatic heterocycles. The van der Waals surface area contributed by atoms with E-state index >= 15 is 0 Å². The first kappa shape index (κ1) is 15.8. The van der Waals surface area contributed by atoms with Crippen LogP contribution in [-0.4, -0.2) is 56.0 Å². The van der Waals surface area contributed by atoms with Crippen molar-refractivity contribution < 1.29 is 9.59 Å². The molecule has 2 aliphatic rings. The molecule has 1 fully saturated rings. The van der Waals surface area contributed by atoms with Gasteiger partial charge in [-0.3, -0.25) is 9.59 Å². The van der Waals surface area contributed by atoms with Crippen LogP contribution in [0.2, 0.25) is 0 Å². The van der Waals surface area contributed by atoms with Crippen molar-refractivity contribution >= 4 is 11.8 Å². The lowest BCUT2D eigenvalue weighted by Crippen LogP contribution is -2.48. The molecule has 3 heterocycles. The zero-order valence-electron chi connectivity index (χ0n) is 14.0. The smallest absolute Gasteiger partial charge is 0.253 e. The van der Waals surface area contributed by atoms with E-state index in [1.165, 1.54) is 6.33 Å². The highest BCUT2D eigenvalue weighted by atomic mass is 16.2. The Labute approximate surface area is 146 Å². The minimum Gasteiger partial charge on any atom is -0.338 e. The molecule has 1 saturated heterocycles. The molecular formula is C18H21N5O2. The van der Waals surface area contributed by atoms with Gasteiger partial charge in [0.05, 0.1) is 19.0 Å². The number of carbonyl (C=O) groups is 2. The fraction of sp³-hybridized carbons (Fsp3) is 0.444. The van der Waals surface area contributed by atoms with Crippen LogP contribution >= 0.6 is 0 Å². The van der Waals surface area contributed by atoms with Gasteiger partial charge in [0.25, 0.3) is 5.91 Å². The van der Waals surface area contributed by atoms with Gasteiger partial charge in [-0.05, 0) is 25.0 Å². The summed E-state index contributed by atoms with van der Waals surface area (Å²) < 4.78 is 1.84. The molecule has 0 N–H and O–H groups in total. The Morgan fingerprint density at radius 3 is 2.72 bits per heavy atom. The summed E-state index contributed by atoms with van der Waals surface area (Å²) in [4.78, 5) is 33.4. The summed E-state index contributed by atoms with van der Waals surface area (Å²) in [6.45, 7) is 3.04. The van der Waals surface area contributed by atoms with Crippen molar-refractivity contribution in [2.45, 2.75) is 25.9 Å². The minimum absolute atomic E-state index is 0.0106. The zero-order valence-corrected chi connectivity index (χ0v) is 14.0. The fourth-order valence-electron chi connectivity index (χ4n) is 3.64. The number of piperidine rings is 1. The van der Waals surface area contributed by atoms with Crippen LogP contribution in [0.25, 0.3) is 0 Å². The van der Waals surface area contributed by atoms with Crippen molar-refractivity contribution in [1.82, 2.24) is 24.6 Å². The molecule has 0 radical (unpaired) electrons. The third kappa shape index (κ3) is 3.14. The monoisotopic (exact) mass is 339 g/mol. The van der Waals surface area contributed by atoms with Crippen molar-refractivity contribution in [2.24, 2.45) is 5.92 Å². The van der Waals surface area contributed by atoms with Crippen LogP contribution in [0.4, 0.5) is 0 Å². The van der Waals surface area contributed by atoms with E-state index in [2.05, 4.69) is 10.1 Å². The molecule has 0 spiro atoms. The van der Waals surface area contributed by atoms with E-state index in [9.17, 15) is 9.59 Å². The third-order valence-corrected chi connectivity index (χ3v) is 5.00. The number of rotatable bonds is 2. The van der Waals surface area contributed by atoms with Crippen LogP contribution < -0.4 is 0 Å². The molecule has 7 nitrogen and oxygen atoms in total. The molecule has 2 amide bonds. The van der Waals surface area contributed by atoms with E-state index in [0.29, 0.717) is 38.3 Å². The SMILES string of the molecule is O=C(c1ccccc1)N1CCCC(C(=O)N2CCn3ncnc3C2)C1. The number of carbonyl (C=O) groups excluding carboxylic acids is 2. The van der Waals surface area contributed by atoms with Gasteiger partial charge in [0, 0.05) is 25.2 Å². The minimum atomic E-state index is -0.129. The summed E-state index contributed by atoms with van der Waals surface area (Å²) in [5.41, 5.74) is 0.682. The van der Waals surface area contributed by atoms with Gasteiger partial charge in [0.1, 0.15) is 12.2 Å².